The highest BCUT2D eigenvalue weighted by Crippen LogP contribution is 2.41. The number of aliphatic hydroxyl groups is 1. The van der Waals surface area contributed by atoms with Crippen molar-refractivity contribution in [2.24, 2.45) is 0 Å². The van der Waals surface area contributed by atoms with E-state index in [0.29, 0.717) is 18.4 Å². The van der Waals surface area contributed by atoms with Crippen LogP contribution in [0.3, 0.4) is 0 Å². The van der Waals surface area contributed by atoms with Gasteiger partial charge in [-0.2, -0.15) is 0 Å². The summed E-state index contributed by atoms with van der Waals surface area (Å²) in [5, 5.41) is 9.68. The Morgan fingerprint density at radius 3 is 2.67 bits per heavy atom. The van der Waals surface area contributed by atoms with Crippen LogP contribution in [0.15, 0.2) is 10.5 Å². The topological polar surface area (TPSA) is 20.2 Å². The van der Waals surface area contributed by atoms with Crippen molar-refractivity contribution >= 4 is 15.9 Å². The smallest absolute Gasteiger partial charge is 0.143 e. The molecule has 1 aliphatic rings. The quantitative estimate of drug-likeness (QED) is 0.717. The maximum absolute atomic E-state index is 13.7. The molecule has 2 rings (SSSR count). The highest BCUT2D eigenvalue weighted by molar-refractivity contribution is 9.10. The van der Waals surface area contributed by atoms with Gasteiger partial charge < -0.3 is 5.11 Å². The number of aliphatic hydroxyl groups excluding tert-OH is 1. The zero-order chi connectivity index (χ0) is 11.2. The maximum Gasteiger partial charge on any atom is 0.143 e. The minimum absolute atomic E-state index is 0.0361. The second kappa shape index (κ2) is 3.83. The van der Waals surface area contributed by atoms with Gasteiger partial charge in [-0.25, -0.2) is 8.78 Å². The fourth-order valence-corrected chi connectivity index (χ4v) is 2.57. The van der Waals surface area contributed by atoms with Crippen molar-refractivity contribution < 1.29 is 13.9 Å². The molecule has 0 amide bonds. The van der Waals surface area contributed by atoms with Gasteiger partial charge in [0.2, 0.25) is 0 Å². The van der Waals surface area contributed by atoms with Crippen molar-refractivity contribution in [2.75, 3.05) is 0 Å². The molecule has 0 aliphatic heterocycles. The fourth-order valence-electron chi connectivity index (χ4n) is 2.15. The van der Waals surface area contributed by atoms with Gasteiger partial charge in [0, 0.05) is 5.56 Å². The second-order valence-electron chi connectivity index (χ2n) is 3.98. The van der Waals surface area contributed by atoms with Gasteiger partial charge in [0.15, 0.2) is 0 Å². The van der Waals surface area contributed by atoms with Crippen LogP contribution < -0.4 is 0 Å². The Hall–Kier alpha value is -0.480. The van der Waals surface area contributed by atoms with E-state index in [2.05, 4.69) is 15.9 Å². The molecule has 1 N–H and O–H groups in total. The lowest BCUT2D eigenvalue weighted by Gasteiger charge is -2.27. The molecule has 1 aromatic rings. The molecule has 4 heteroatoms. The SMILES string of the molecule is CC1CC[C@H](O)c2c(F)c(Br)cc(F)c21. The van der Waals surface area contributed by atoms with Crippen molar-refractivity contribution in [3.05, 3.63) is 33.3 Å². The van der Waals surface area contributed by atoms with Crippen molar-refractivity contribution in [1.29, 1.82) is 0 Å². The first-order chi connectivity index (χ1) is 7.02. The monoisotopic (exact) mass is 276 g/mol. The molecule has 82 valence electrons. The maximum atomic E-state index is 13.7. The third-order valence-electron chi connectivity index (χ3n) is 2.95. The highest BCUT2D eigenvalue weighted by Gasteiger charge is 2.30. The van der Waals surface area contributed by atoms with Gasteiger partial charge in [-0.3, -0.25) is 0 Å². The molecular weight excluding hydrogens is 266 g/mol. The van der Waals surface area contributed by atoms with Crippen LogP contribution in [0.25, 0.3) is 0 Å². The number of hydrogen-bond donors (Lipinski definition) is 1. The lowest BCUT2D eigenvalue weighted by molar-refractivity contribution is 0.145. The van der Waals surface area contributed by atoms with E-state index in [1.54, 1.807) is 0 Å². The molecule has 1 aromatic carbocycles. The molecule has 0 bridgehead atoms. The van der Waals surface area contributed by atoms with E-state index >= 15 is 0 Å². The van der Waals surface area contributed by atoms with E-state index < -0.39 is 17.7 Å². The molecule has 0 aromatic heterocycles. The van der Waals surface area contributed by atoms with Crippen LogP contribution in [0.1, 0.15) is 42.9 Å². The molecule has 1 aliphatic carbocycles. The Morgan fingerprint density at radius 2 is 2.00 bits per heavy atom. The summed E-state index contributed by atoms with van der Waals surface area (Å²) in [5.74, 6) is -1.01. The summed E-state index contributed by atoms with van der Waals surface area (Å²) < 4.78 is 27.4. The first kappa shape index (κ1) is 11.0. The first-order valence-corrected chi connectivity index (χ1v) is 5.67. The molecule has 0 heterocycles. The summed E-state index contributed by atoms with van der Waals surface area (Å²) in [6, 6.07) is 1.13. The van der Waals surface area contributed by atoms with Crippen LogP contribution >= 0.6 is 15.9 Å². The van der Waals surface area contributed by atoms with Crippen LogP contribution in [0.2, 0.25) is 0 Å². The largest absolute Gasteiger partial charge is 0.388 e. The average Bonchev–Trinajstić information content (AvgIpc) is 2.18. The predicted octanol–water partition coefficient (Wildman–Crippen LogP) is 3.66. The molecule has 1 unspecified atom stereocenters. The lowest BCUT2D eigenvalue weighted by atomic mass is 9.81. The van der Waals surface area contributed by atoms with Crippen molar-refractivity contribution in [2.45, 2.75) is 31.8 Å². The zero-order valence-electron chi connectivity index (χ0n) is 8.23. The summed E-state index contributed by atoms with van der Waals surface area (Å²) in [6.45, 7) is 1.85. The van der Waals surface area contributed by atoms with Crippen LogP contribution in [-0.2, 0) is 0 Å². The van der Waals surface area contributed by atoms with Gasteiger partial charge in [0.25, 0.3) is 0 Å². The third-order valence-corrected chi connectivity index (χ3v) is 3.52. The number of benzene rings is 1. The number of hydrogen-bond acceptors (Lipinski definition) is 1. The standard InChI is InChI=1S/C11H11BrF2O/c1-5-2-3-8(15)10-9(5)7(13)4-6(12)11(10)14/h4-5,8,15H,2-3H2,1H3/t5?,8-/m0/s1. The van der Waals surface area contributed by atoms with Crippen molar-refractivity contribution in [3.63, 3.8) is 0 Å². The van der Waals surface area contributed by atoms with Gasteiger partial charge in [-0.15, -0.1) is 0 Å². The molecular formula is C11H11BrF2O. The molecule has 1 nitrogen and oxygen atoms in total. The van der Waals surface area contributed by atoms with E-state index in [1.165, 1.54) is 0 Å². The summed E-state index contributed by atoms with van der Waals surface area (Å²) in [5.41, 5.74) is 0.454. The molecule has 0 saturated carbocycles. The van der Waals surface area contributed by atoms with Gasteiger partial charge in [0.05, 0.1) is 10.6 Å². The van der Waals surface area contributed by atoms with Crippen molar-refractivity contribution in [1.82, 2.24) is 0 Å². The van der Waals surface area contributed by atoms with E-state index in [4.69, 9.17) is 0 Å². The molecule has 0 spiro atoms. The van der Waals surface area contributed by atoms with E-state index in [-0.39, 0.29) is 16.0 Å². The van der Waals surface area contributed by atoms with E-state index in [0.717, 1.165) is 6.07 Å². The summed E-state index contributed by atoms with van der Waals surface area (Å²) in [6.07, 6.45) is 0.288. The van der Waals surface area contributed by atoms with Gasteiger partial charge in [-0.05, 0) is 46.3 Å². The Labute approximate surface area is 95.2 Å². The predicted molar refractivity (Wildman–Crippen MR) is 56.7 cm³/mol. The summed E-state index contributed by atoms with van der Waals surface area (Å²) in [4.78, 5) is 0. The van der Waals surface area contributed by atoms with Crippen LogP contribution in [0.4, 0.5) is 8.78 Å². The van der Waals surface area contributed by atoms with Gasteiger partial charge in [-0.1, -0.05) is 6.92 Å². The van der Waals surface area contributed by atoms with Crippen LogP contribution in [0, 0.1) is 11.6 Å². The highest BCUT2D eigenvalue weighted by atomic mass is 79.9. The van der Waals surface area contributed by atoms with Crippen molar-refractivity contribution in [3.8, 4) is 0 Å². The Morgan fingerprint density at radius 1 is 1.33 bits per heavy atom. The summed E-state index contributed by atoms with van der Waals surface area (Å²) in [7, 11) is 0. The second-order valence-corrected chi connectivity index (χ2v) is 4.83. The summed E-state index contributed by atoms with van der Waals surface area (Å²) >= 11 is 2.95. The zero-order valence-corrected chi connectivity index (χ0v) is 9.81. The van der Waals surface area contributed by atoms with E-state index in [9.17, 15) is 13.9 Å². The number of halogens is 3. The Kier molecular flexibility index (Phi) is 2.81. The Bertz CT molecular complexity index is 406. The van der Waals surface area contributed by atoms with Crippen LogP contribution in [0.5, 0.6) is 0 Å². The molecule has 0 saturated heterocycles. The first-order valence-electron chi connectivity index (χ1n) is 4.87. The minimum Gasteiger partial charge on any atom is -0.388 e. The van der Waals surface area contributed by atoms with Gasteiger partial charge >= 0.3 is 0 Å². The third kappa shape index (κ3) is 1.70. The average molecular weight is 277 g/mol. The van der Waals surface area contributed by atoms with Gasteiger partial charge in [0.1, 0.15) is 11.6 Å². The Balaban J connectivity index is 2.71. The molecule has 2 atom stereocenters. The minimum atomic E-state index is -0.886. The molecule has 15 heavy (non-hydrogen) atoms. The fraction of sp³-hybridized carbons (Fsp3) is 0.455. The molecule has 0 fully saturated rings. The normalized spacial score (nSPS) is 25.1. The number of rotatable bonds is 0. The molecule has 0 radical (unpaired) electrons. The lowest BCUT2D eigenvalue weighted by Crippen LogP contribution is -2.16. The number of fused-ring (bicyclic) bond motifs is 1. The van der Waals surface area contributed by atoms with E-state index in [1.807, 2.05) is 6.92 Å². The van der Waals surface area contributed by atoms with Crippen LogP contribution in [-0.4, -0.2) is 5.11 Å².